The Morgan fingerprint density at radius 3 is 2.44 bits per heavy atom. The first-order valence-corrected chi connectivity index (χ1v) is 6.21. The van der Waals surface area contributed by atoms with E-state index in [9.17, 15) is 4.79 Å². The fourth-order valence-corrected chi connectivity index (χ4v) is 1.89. The molecule has 1 aromatic rings. The fraction of sp³-hybridized carbons (Fsp3) is 0.462. The summed E-state index contributed by atoms with van der Waals surface area (Å²) in [7, 11) is 1.62. The highest BCUT2D eigenvalue weighted by Gasteiger charge is 2.18. The second kappa shape index (κ2) is 5.48. The molecule has 0 radical (unpaired) electrons. The lowest BCUT2D eigenvalue weighted by Gasteiger charge is -2.15. The van der Waals surface area contributed by atoms with Crippen molar-refractivity contribution in [2.75, 3.05) is 7.11 Å². The molecule has 2 nitrogen and oxygen atoms in total. The first kappa shape index (κ1) is 13.2. The van der Waals surface area contributed by atoms with Crippen LogP contribution in [-0.4, -0.2) is 12.9 Å². The van der Waals surface area contributed by atoms with E-state index in [1.807, 2.05) is 18.2 Å². The van der Waals surface area contributed by atoms with Gasteiger partial charge in [0.25, 0.3) is 0 Å². The van der Waals surface area contributed by atoms with Crippen LogP contribution in [0.4, 0.5) is 0 Å². The molecule has 0 amide bonds. The van der Waals surface area contributed by atoms with Gasteiger partial charge in [-0.2, -0.15) is 0 Å². The minimum atomic E-state index is -0.291. The molecule has 0 aliphatic rings. The van der Waals surface area contributed by atoms with Gasteiger partial charge in [0.15, 0.2) is 0 Å². The number of carbonyl (C=O) groups excluding carboxylic acids is 1. The van der Waals surface area contributed by atoms with Crippen LogP contribution in [0.15, 0.2) is 18.2 Å². The van der Waals surface area contributed by atoms with Crippen molar-refractivity contribution in [1.82, 2.24) is 0 Å². The SMILES string of the molecule is COc1ccc(C(C)C)cc1C(Br)C(C)=O. The average molecular weight is 285 g/mol. The highest BCUT2D eigenvalue weighted by molar-refractivity contribution is 9.09. The number of methoxy groups -OCH3 is 1. The van der Waals surface area contributed by atoms with Crippen molar-refractivity contribution in [3.05, 3.63) is 29.3 Å². The molecule has 0 bridgehead atoms. The Hall–Kier alpha value is -0.830. The molecular weight excluding hydrogens is 268 g/mol. The van der Waals surface area contributed by atoms with E-state index in [1.165, 1.54) is 5.56 Å². The first-order chi connectivity index (χ1) is 7.47. The highest BCUT2D eigenvalue weighted by Crippen LogP contribution is 2.34. The molecule has 1 aromatic carbocycles. The second-order valence-electron chi connectivity index (χ2n) is 4.13. The lowest BCUT2D eigenvalue weighted by molar-refractivity contribution is -0.116. The van der Waals surface area contributed by atoms with E-state index in [0.717, 1.165) is 11.3 Å². The molecule has 0 fully saturated rings. The predicted molar refractivity (Wildman–Crippen MR) is 69.4 cm³/mol. The summed E-state index contributed by atoms with van der Waals surface area (Å²) in [6.45, 7) is 5.83. The largest absolute Gasteiger partial charge is 0.496 e. The topological polar surface area (TPSA) is 26.3 Å². The summed E-state index contributed by atoms with van der Waals surface area (Å²) in [4.78, 5) is 11.1. The monoisotopic (exact) mass is 284 g/mol. The zero-order valence-corrected chi connectivity index (χ0v) is 11.7. The Bertz CT molecular complexity index is 386. The van der Waals surface area contributed by atoms with Crippen LogP contribution < -0.4 is 4.74 Å². The smallest absolute Gasteiger partial charge is 0.147 e. The van der Waals surface area contributed by atoms with Gasteiger partial charge in [0, 0.05) is 5.56 Å². The summed E-state index contributed by atoms with van der Waals surface area (Å²) in [5.41, 5.74) is 2.11. The maximum atomic E-state index is 11.4. The van der Waals surface area contributed by atoms with Crippen molar-refractivity contribution in [3.63, 3.8) is 0 Å². The molecule has 0 spiro atoms. The van der Waals surface area contributed by atoms with Gasteiger partial charge in [-0.25, -0.2) is 0 Å². The number of benzene rings is 1. The number of alkyl halides is 1. The zero-order valence-electron chi connectivity index (χ0n) is 10.1. The maximum absolute atomic E-state index is 11.4. The molecule has 0 heterocycles. The highest BCUT2D eigenvalue weighted by atomic mass is 79.9. The molecule has 1 atom stereocenters. The van der Waals surface area contributed by atoms with Gasteiger partial charge in [-0.3, -0.25) is 4.79 Å². The van der Waals surface area contributed by atoms with E-state index >= 15 is 0 Å². The lowest BCUT2D eigenvalue weighted by Crippen LogP contribution is -2.04. The Labute approximate surface area is 105 Å². The number of hydrogen-bond donors (Lipinski definition) is 0. The van der Waals surface area contributed by atoms with Gasteiger partial charge in [-0.05, 0) is 24.5 Å². The number of ether oxygens (including phenoxy) is 1. The van der Waals surface area contributed by atoms with E-state index in [4.69, 9.17) is 4.74 Å². The van der Waals surface area contributed by atoms with Crippen molar-refractivity contribution in [1.29, 1.82) is 0 Å². The number of Topliss-reactive ketones (excluding diaryl/α,β-unsaturated/α-hetero) is 1. The van der Waals surface area contributed by atoms with Crippen LogP contribution in [0, 0.1) is 0 Å². The molecule has 16 heavy (non-hydrogen) atoms. The zero-order chi connectivity index (χ0) is 12.3. The third-order valence-corrected chi connectivity index (χ3v) is 3.69. The van der Waals surface area contributed by atoms with Crippen LogP contribution in [0.1, 0.15) is 42.6 Å². The second-order valence-corrected chi connectivity index (χ2v) is 5.04. The van der Waals surface area contributed by atoms with Crippen LogP contribution in [0.2, 0.25) is 0 Å². The number of hydrogen-bond acceptors (Lipinski definition) is 2. The van der Waals surface area contributed by atoms with Gasteiger partial charge in [-0.15, -0.1) is 0 Å². The molecule has 0 aliphatic carbocycles. The Balaban J connectivity index is 3.21. The molecule has 0 N–H and O–H groups in total. The van der Waals surface area contributed by atoms with Crippen LogP contribution >= 0.6 is 15.9 Å². The summed E-state index contributed by atoms with van der Waals surface area (Å²) in [6, 6.07) is 5.99. The van der Waals surface area contributed by atoms with Crippen molar-refractivity contribution in [2.45, 2.75) is 31.5 Å². The number of carbonyl (C=O) groups is 1. The lowest BCUT2D eigenvalue weighted by atomic mass is 9.98. The Kier molecular flexibility index (Phi) is 4.54. The summed E-state index contributed by atoms with van der Waals surface area (Å²) < 4.78 is 5.27. The standard InChI is InChI=1S/C13H17BrO2/c1-8(2)10-5-6-12(16-4)11(7-10)13(14)9(3)15/h5-8,13H,1-4H3. The van der Waals surface area contributed by atoms with Crippen LogP contribution in [0.5, 0.6) is 5.75 Å². The average Bonchev–Trinajstić information content (AvgIpc) is 2.26. The summed E-state index contributed by atoms with van der Waals surface area (Å²) in [5.74, 6) is 1.27. The molecule has 88 valence electrons. The maximum Gasteiger partial charge on any atom is 0.147 e. The van der Waals surface area contributed by atoms with E-state index in [0.29, 0.717) is 5.92 Å². The normalized spacial score (nSPS) is 12.6. The summed E-state index contributed by atoms with van der Waals surface area (Å²) >= 11 is 3.40. The number of ketones is 1. The van der Waals surface area contributed by atoms with Crippen molar-refractivity contribution >= 4 is 21.7 Å². The molecular formula is C13H17BrO2. The van der Waals surface area contributed by atoms with Crippen molar-refractivity contribution in [3.8, 4) is 5.75 Å². The third-order valence-electron chi connectivity index (χ3n) is 2.55. The fourth-order valence-electron chi connectivity index (χ4n) is 1.53. The Morgan fingerprint density at radius 1 is 1.38 bits per heavy atom. The molecule has 3 heteroatoms. The predicted octanol–water partition coefficient (Wildman–Crippen LogP) is 3.84. The van der Waals surface area contributed by atoms with Crippen LogP contribution in [0.3, 0.4) is 0 Å². The molecule has 0 aliphatic heterocycles. The molecule has 0 saturated heterocycles. The summed E-state index contributed by atoms with van der Waals surface area (Å²) in [5, 5.41) is 0. The minimum absolute atomic E-state index is 0.0826. The van der Waals surface area contributed by atoms with Gasteiger partial charge in [0.2, 0.25) is 0 Å². The van der Waals surface area contributed by atoms with E-state index in [2.05, 4.69) is 29.8 Å². The number of rotatable bonds is 4. The van der Waals surface area contributed by atoms with Crippen molar-refractivity contribution in [2.24, 2.45) is 0 Å². The van der Waals surface area contributed by atoms with Gasteiger partial charge in [0.05, 0.1) is 7.11 Å². The van der Waals surface area contributed by atoms with E-state index in [-0.39, 0.29) is 10.6 Å². The summed E-state index contributed by atoms with van der Waals surface area (Å²) in [6.07, 6.45) is 0. The molecule has 1 unspecified atom stereocenters. The van der Waals surface area contributed by atoms with Crippen LogP contribution in [0.25, 0.3) is 0 Å². The molecule has 1 rings (SSSR count). The van der Waals surface area contributed by atoms with Gasteiger partial charge in [0.1, 0.15) is 16.4 Å². The molecule has 0 aromatic heterocycles. The quantitative estimate of drug-likeness (QED) is 0.786. The van der Waals surface area contributed by atoms with Crippen molar-refractivity contribution < 1.29 is 9.53 Å². The van der Waals surface area contributed by atoms with Gasteiger partial charge < -0.3 is 4.74 Å². The van der Waals surface area contributed by atoms with E-state index < -0.39 is 0 Å². The van der Waals surface area contributed by atoms with Crippen LogP contribution in [-0.2, 0) is 4.79 Å². The Morgan fingerprint density at radius 2 is 2.00 bits per heavy atom. The first-order valence-electron chi connectivity index (χ1n) is 5.29. The number of halogens is 1. The molecule has 0 saturated carbocycles. The van der Waals surface area contributed by atoms with Gasteiger partial charge in [-0.1, -0.05) is 41.9 Å². The third kappa shape index (κ3) is 2.85. The minimum Gasteiger partial charge on any atom is -0.496 e. The van der Waals surface area contributed by atoms with E-state index in [1.54, 1.807) is 14.0 Å². The van der Waals surface area contributed by atoms with Gasteiger partial charge >= 0.3 is 0 Å².